The van der Waals surface area contributed by atoms with Crippen molar-refractivity contribution in [3.05, 3.63) is 23.8 Å². The van der Waals surface area contributed by atoms with Crippen molar-refractivity contribution >= 4 is 6.29 Å². The molecule has 0 N–H and O–H groups in total. The van der Waals surface area contributed by atoms with Crippen LogP contribution in [-0.4, -0.2) is 13.1 Å². The lowest BCUT2D eigenvalue weighted by atomic mass is 9.86. The number of carbonyl (C=O) groups excluding carboxylic acids is 1. The molecule has 0 saturated carbocycles. The summed E-state index contributed by atoms with van der Waals surface area (Å²) in [6.45, 7) is 4.54. The van der Waals surface area contributed by atoms with Crippen molar-refractivity contribution in [1.82, 2.24) is 0 Å². The first-order valence-electron chi connectivity index (χ1n) is 5.55. The Morgan fingerprint density at radius 1 is 1.31 bits per heavy atom. The van der Waals surface area contributed by atoms with E-state index in [-0.39, 0.29) is 5.92 Å². The molecule has 2 rings (SSSR count). The second-order valence-corrected chi connectivity index (χ2v) is 4.37. The summed E-state index contributed by atoms with van der Waals surface area (Å²) in [7, 11) is 0. The van der Waals surface area contributed by atoms with E-state index in [1.165, 1.54) is 0 Å². The molecule has 3 heteroatoms. The smallest absolute Gasteiger partial charge is 0.231 e. The van der Waals surface area contributed by atoms with Gasteiger partial charge in [-0.15, -0.1) is 0 Å². The highest BCUT2D eigenvalue weighted by Gasteiger charge is 2.19. The molecule has 3 nitrogen and oxygen atoms in total. The number of carbonyl (C=O) groups is 1. The van der Waals surface area contributed by atoms with Crippen LogP contribution >= 0.6 is 0 Å². The Kier molecular flexibility index (Phi) is 3.13. The zero-order chi connectivity index (χ0) is 11.5. The molecule has 86 valence electrons. The number of rotatable bonds is 4. The SMILES string of the molecule is CC(C)C(CC=O)c1ccc2c(c1)OCO2. The van der Waals surface area contributed by atoms with Crippen LogP contribution in [0.25, 0.3) is 0 Å². The summed E-state index contributed by atoms with van der Waals surface area (Å²) in [6.07, 6.45) is 1.53. The molecule has 1 atom stereocenters. The largest absolute Gasteiger partial charge is 0.454 e. The van der Waals surface area contributed by atoms with Crippen molar-refractivity contribution in [1.29, 1.82) is 0 Å². The Balaban J connectivity index is 2.27. The molecule has 1 heterocycles. The standard InChI is InChI=1S/C13H16O3/c1-9(2)11(5-6-14)10-3-4-12-13(7-10)16-8-15-12/h3-4,6-7,9,11H,5,8H2,1-2H3. The summed E-state index contributed by atoms with van der Waals surface area (Å²) in [5.41, 5.74) is 1.14. The van der Waals surface area contributed by atoms with Gasteiger partial charge in [0.15, 0.2) is 11.5 Å². The zero-order valence-electron chi connectivity index (χ0n) is 9.60. The number of ether oxygens (including phenoxy) is 2. The summed E-state index contributed by atoms with van der Waals surface area (Å²) in [4.78, 5) is 10.7. The van der Waals surface area contributed by atoms with Crippen molar-refractivity contribution < 1.29 is 14.3 Å². The Morgan fingerprint density at radius 2 is 2.06 bits per heavy atom. The Morgan fingerprint density at radius 3 is 2.75 bits per heavy atom. The number of hydrogen-bond acceptors (Lipinski definition) is 3. The van der Waals surface area contributed by atoms with Gasteiger partial charge in [-0.25, -0.2) is 0 Å². The lowest BCUT2D eigenvalue weighted by Crippen LogP contribution is -2.07. The van der Waals surface area contributed by atoms with Crippen LogP contribution in [0.15, 0.2) is 18.2 Å². The molecule has 0 radical (unpaired) electrons. The van der Waals surface area contributed by atoms with Crippen LogP contribution in [0.3, 0.4) is 0 Å². The summed E-state index contributed by atoms with van der Waals surface area (Å²) in [5, 5.41) is 0. The number of hydrogen-bond donors (Lipinski definition) is 0. The van der Waals surface area contributed by atoms with Gasteiger partial charge in [0.2, 0.25) is 6.79 Å². The first-order chi connectivity index (χ1) is 7.72. The minimum atomic E-state index is 0.256. The maximum absolute atomic E-state index is 10.7. The fourth-order valence-corrected chi connectivity index (χ4v) is 2.04. The van der Waals surface area contributed by atoms with Gasteiger partial charge in [0.25, 0.3) is 0 Å². The molecular formula is C13H16O3. The minimum absolute atomic E-state index is 0.256. The first-order valence-corrected chi connectivity index (χ1v) is 5.55. The summed E-state index contributed by atoms with van der Waals surface area (Å²) in [5.74, 6) is 2.27. The molecule has 0 aromatic heterocycles. The molecular weight excluding hydrogens is 204 g/mol. The van der Waals surface area contributed by atoms with Gasteiger partial charge in [-0.1, -0.05) is 19.9 Å². The van der Waals surface area contributed by atoms with Crippen molar-refractivity contribution in [2.24, 2.45) is 5.92 Å². The van der Waals surface area contributed by atoms with E-state index in [9.17, 15) is 4.79 Å². The summed E-state index contributed by atoms with van der Waals surface area (Å²) >= 11 is 0. The molecule has 0 saturated heterocycles. The van der Waals surface area contributed by atoms with Gasteiger partial charge >= 0.3 is 0 Å². The van der Waals surface area contributed by atoms with Gasteiger partial charge < -0.3 is 14.3 Å². The van der Waals surface area contributed by atoms with Gasteiger partial charge in [-0.2, -0.15) is 0 Å². The fraction of sp³-hybridized carbons (Fsp3) is 0.462. The van der Waals surface area contributed by atoms with Crippen molar-refractivity contribution in [2.75, 3.05) is 6.79 Å². The van der Waals surface area contributed by atoms with Gasteiger partial charge in [0.05, 0.1) is 0 Å². The van der Waals surface area contributed by atoms with E-state index in [0.29, 0.717) is 19.1 Å². The van der Waals surface area contributed by atoms with Crippen LogP contribution < -0.4 is 9.47 Å². The molecule has 1 aliphatic heterocycles. The molecule has 1 aromatic rings. The monoisotopic (exact) mass is 220 g/mol. The predicted molar refractivity (Wildman–Crippen MR) is 60.8 cm³/mol. The number of aldehydes is 1. The Bertz CT molecular complexity index is 385. The summed E-state index contributed by atoms with van der Waals surface area (Å²) in [6, 6.07) is 5.91. The maximum atomic E-state index is 10.7. The second kappa shape index (κ2) is 4.56. The molecule has 0 amide bonds. The molecule has 16 heavy (non-hydrogen) atoms. The Labute approximate surface area is 95.4 Å². The van der Waals surface area contributed by atoms with Crippen LogP contribution in [0.4, 0.5) is 0 Å². The van der Waals surface area contributed by atoms with Crippen molar-refractivity contribution in [3.63, 3.8) is 0 Å². The summed E-state index contributed by atoms with van der Waals surface area (Å²) < 4.78 is 10.6. The van der Waals surface area contributed by atoms with E-state index in [4.69, 9.17) is 9.47 Å². The van der Waals surface area contributed by atoms with E-state index >= 15 is 0 Å². The molecule has 1 aromatic carbocycles. The second-order valence-electron chi connectivity index (χ2n) is 4.37. The van der Waals surface area contributed by atoms with Crippen molar-refractivity contribution in [2.45, 2.75) is 26.2 Å². The molecule has 0 aliphatic carbocycles. The molecule has 1 aliphatic rings. The lowest BCUT2D eigenvalue weighted by Gasteiger charge is -2.19. The van der Waals surface area contributed by atoms with Gasteiger partial charge in [0.1, 0.15) is 6.29 Å². The van der Waals surface area contributed by atoms with Crippen molar-refractivity contribution in [3.8, 4) is 11.5 Å². The lowest BCUT2D eigenvalue weighted by molar-refractivity contribution is -0.108. The Hall–Kier alpha value is -1.51. The third-order valence-corrected chi connectivity index (χ3v) is 2.98. The number of benzene rings is 1. The van der Waals surface area contributed by atoms with Crippen LogP contribution in [0.5, 0.6) is 11.5 Å². The zero-order valence-corrected chi connectivity index (χ0v) is 9.60. The van der Waals surface area contributed by atoms with E-state index in [2.05, 4.69) is 13.8 Å². The van der Waals surface area contributed by atoms with E-state index in [1.54, 1.807) is 0 Å². The van der Waals surface area contributed by atoms with Crippen LogP contribution in [0, 0.1) is 5.92 Å². The van der Waals surface area contributed by atoms with Crippen LogP contribution in [0.2, 0.25) is 0 Å². The predicted octanol–water partition coefficient (Wildman–Crippen LogP) is 2.74. The normalized spacial score (nSPS) is 15.2. The topological polar surface area (TPSA) is 35.5 Å². The highest BCUT2D eigenvalue weighted by molar-refractivity contribution is 5.53. The average Bonchev–Trinajstić information content (AvgIpc) is 2.72. The molecule has 0 spiro atoms. The van der Waals surface area contributed by atoms with E-state index in [0.717, 1.165) is 23.3 Å². The average molecular weight is 220 g/mol. The van der Waals surface area contributed by atoms with Gasteiger partial charge in [0, 0.05) is 6.42 Å². The van der Waals surface area contributed by atoms with Gasteiger partial charge in [-0.3, -0.25) is 0 Å². The molecule has 0 bridgehead atoms. The minimum Gasteiger partial charge on any atom is -0.454 e. The highest BCUT2D eigenvalue weighted by atomic mass is 16.7. The first kappa shape index (κ1) is 11.0. The van der Waals surface area contributed by atoms with Crippen LogP contribution in [0.1, 0.15) is 31.7 Å². The molecule has 1 unspecified atom stereocenters. The third kappa shape index (κ3) is 2.03. The van der Waals surface area contributed by atoms with Crippen LogP contribution in [-0.2, 0) is 4.79 Å². The quantitative estimate of drug-likeness (QED) is 0.732. The molecule has 0 fully saturated rings. The highest BCUT2D eigenvalue weighted by Crippen LogP contribution is 2.37. The van der Waals surface area contributed by atoms with E-state index < -0.39 is 0 Å². The maximum Gasteiger partial charge on any atom is 0.231 e. The number of fused-ring (bicyclic) bond motifs is 1. The third-order valence-electron chi connectivity index (χ3n) is 2.98. The van der Waals surface area contributed by atoms with E-state index in [1.807, 2.05) is 18.2 Å². The fourth-order valence-electron chi connectivity index (χ4n) is 2.04. The van der Waals surface area contributed by atoms with Gasteiger partial charge in [-0.05, 0) is 29.5 Å².